The summed E-state index contributed by atoms with van der Waals surface area (Å²) in [6.07, 6.45) is 1.13. The fourth-order valence-corrected chi connectivity index (χ4v) is 1.84. The van der Waals surface area contributed by atoms with Crippen LogP contribution in [0.1, 0.15) is 26.6 Å². The van der Waals surface area contributed by atoms with Gasteiger partial charge in [-0.25, -0.2) is 9.78 Å². The molecule has 1 N–H and O–H groups in total. The third kappa shape index (κ3) is 3.38. The van der Waals surface area contributed by atoms with Gasteiger partial charge in [0, 0.05) is 5.69 Å². The first-order valence-corrected chi connectivity index (χ1v) is 6.46. The van der Waals surface area contributed by atoms with Crippen LogP contribution < -0.4 is 5.32 Å². The number of carbonyl (C=O) groups excluding carboxylic acids is 1. The van der Waals surface area contributed by atoms with Gasteiger partial charge in [-0.2, -0.15) is 0 Å². The Balaban J connectivity index is 2.24. The number of imidazole rings is 1. The number of benzene rings is 1. The minimum Gasteiger partial charge on any atom is -0.444 e. The van der Waals surface area contributed by atoms with E-state index in [9.17, 15) is 4.79 Å². The molecule has 0 saturated heterocycles. The normalized spacial score (nSPS) is 11.2. The lowest BCUT2D eigenvalue weighted by Crippen LogP contribution is -2.27. The number of aryl methyl sites for hydroxylation is 1. The van der Waals surface area contributed by atoms with Crippen LogP contribution in [0.4, 0.5) is 10.6 Å². The first-order chi connectivity index (χ1) is 9.37. The number of hydrogen-bond acceptors (Lipinski definition) is 3. The van der Waals surface area contributed by atoms with Gasteiger partial charge >= 0.3 is 6.09 Å². The van der Waals surface area contributed by atoms with E-state index in [0.29, 0.717) is 5.82 Å². The summed E-state index contributed by atoms with van der Waals surface area (Å²) in [4.78, 5) is 16.1. The molecule has 0 spiro atoms. The van der Waals surface area contributed by atoms with Crippen molar-refractivity contribution in [3.63, 3.8) is 0 Å². The Morgan fingerprint density at radius 2 is 1.90 bits per heavy atom. The van der Waals surface area contributed by atoms with Crippen LogP contribution in [0, 0.1) is 6.92 Å². The van der Waals surface area contributed by atoms with E-state index in [0.717, 1.165) is 11.5 Å². The number of amides is 1. The van der Waals surface area contributed by atoms with Gasteiger partial charge in [0.25, 0.3) is 0 Å². The van der Waals surface area contributed by atoms with Crippen molar-refractivity contribution in [3.05, 3.63) is 42.4 Å². The lowest BCUT2D eigenvalue weighted by atomic mass is 10.2. The lowest BCUT2D eigenvalue weighted by Gasteiger charge is -2.20. The molecule has 20 heavy (non-hydrogen) atoms. The number of aromatic nitrogens is 2. The van der Waals surface area contributed by atoms with E-state index in [1.807, 2.05) is 62.6 Å². The van der Waals surface area contributed by atoms with Crippen LogP contribution in [0.3, 0.4) is 0 Å². The number of anilines is 1. The van der Waals surface area contributed by atoms with Gasteiger partial charge in [-0.1, -0.05) is 18.2 Å². The van der Waals surface area contributed by atoms with E-state index in [1.54, 1.807) is 6.20 Å². The van der Waals surface area contributed by atoms with Crippen molar-refractivity contribution in [1.82, 2.24) is 9.55 Å². The van der Waals surface area contributed by atoms with Crippen molar-refractivity contribution >= 4 is 11.9 Å². The number of rotatable bonds is 2. The lowest BCUT2D eigenvalue weighted by molar-refractivity contribution is 0.0635. The predicted molar refractivity (Wildman–Crippen MR) is 78.2 cm³/mol. The predicted octanol–water partition coefficient (Wildman–Crippen LogP) is 3.53. The van der Waals surface area contributed by atoms with Gasteiger partial charge in [-0.3, -0.25) is 9.88 Å². The SMILES string of the molecule is Cc1ncc(NC(=O)OC(C)(C)C)n1-c1ccccc1. The van der Waals surface area contributed by atoms with Crippen LogP contribution in [0.25, 0.3) is 5.69 Å². The summed E-state index contributed by atoms with van der Waals surface area (Å²) >= 11 is 0. The second-order valence-corrected chi connectivity index (χ2v) is 5.49. The Morgan fingerprint density at radius 3 is 2.50 bits per heavy atom. The molecule has 5 nitrogen and oxygen atoms in total. The van der Waals surface area contributed by atoms with Gasteiger partial charge in [0.2, 0.25) is 0 Å². The van der Waals surface area contributed by atoms with Crippen LogP contribution in [0.5, 0.6) is 0 Å². The van der Waals surface area contributed by atoms with Crippen LogP contribution in [0.15, 0.2) is 36.5 Å². The highest BCUT2D eigenvalue weighted by atomic mass is 16.6. The van der Waals surface area contributed by atoms with E-state index >= 15 is 0 Å². The summed E-state index contributed by atoms with van der Waals surface area (Å²) in [5.74, 6) is 1.38. The maximum absolute atomic E-state index is 11.8. The molecule has 5 heteroatoms. The zero-order chi connectivity index (χ0) is 14.8. The van der Waals surface area contributed by atoms with Crippen molar-refractivity contribution < 1.29 is 9.53 Å². The first-order valence-electron chi connectivity index (χ1n) is 6.46. The van der Waals surface area contributed by atoms with E-state index in [1.165, 1.54) is 0 Å². The van der Waals surface area contributed by atoms with Gasteiger partial charge in [-0.05, 0) is 39.8 Å². The molecular formula is C15H19N3O2. The first kappa shape index (κ1) is 14.1. The minimum absolute atomic E-state index is 0.491. The Bertz CT molecular complexity index is 597. The van der Waals surface area contributed by atoms with Crippen molar-refractivity contribution in [2.75, 3.05) is 5.32 Å². The number of para-hydroxylation sites is 1. The monoisotopic (exact) mass is 273 g/mol. The number of hydrogen-bond donors (Lipinski definition) is 1. The largest absolute Gasteiger partial charge is 0.444 e. The smallest absolute Gasteiger partial charge is 0.413 e. The molecule has 1 aromatic carbocycles. The fourth-order valence-electron chi connectivity index (χ4n) is 1.84. The Kier molecular flexibility index (Phi) is 3.79. The third-order valence-electron chi connectivity index (χ3n) is 2.58. The molecule has 0 aliphatic heterocycles. The Labute approximate surface area is 118 Å². The summed E-state index contributed by atoms with van der Waals surface area (Å²) in [5.41, 5.74) is 0.407. The van der Waals surface area contributed by atoms with Gasteiger partial charge in [0.15, 0.2) is 0 Å². The molecule has 0 aliphatic carbocycles. The van der Waals surface area contributed by atoms with Gasteiger partial charge < -0.3 is 4.74 Å². The van der Waals surface area contributed by atoms with Crippen LogP contribution in [-0.4, -0.2) is 21.2 Å². The summed E-state index contributed by atoms with van der Waals surface area (Å²) in [7, 11) is 0. The zero-order valence-corrected chi connectivity index (χ0v) is 12.2. The van der Waals surface area contributed by atoms with Crippen molar-refractivity contribution in [3.8, 4) is 5.69 Å². The number of nitrogens with one attached hydrogen (secondary N) is 1. The van der Waals surface area contributed by atoms with Crippen molar-refractivity contribution in [2.24, 2.45) is 0 Å². The molecule has 0 radical (unpaired) electrons. The van der Waals surface area contributed by atoms with Crippen LogP contribution in [0.2, 0.25) is 0 Å². The fraction of sp³-hybridized carbons (Fsp3) is 0.333. The summed E-state index contributed by atoms with van der Waals surface area (Å²) < 4.78 is 7.12. The average Bonchev–Trinajstić information content (AvgIpc) is 2.69. The molecule has 2 rings (SSSR count). The summed E-state index contributed by atoms with van der Waals surface area (Å²) in [5, 5.41) is 2.73. The van der Waals surface area contributed by atoms with Gasteiger partial charge in [0.1, 0.15) is 17.2 Å². The molecule has 106 valence electrons. The van der Waals surface area contributed by atoms with E-state index in [2.05, 4.69) is 10.3 Å². The standard InChI is InChI=1S/C15H19N3O2/c1-11-16-10-13(17-14(19)20-15(2,3)4)18(11)12-8-6-5-7-9-12/h5-10H,1-4H3,(H,17,19). The van der Waals surface area contributed by atoms with Crippen LogP contribution >= 0.6 is 0 Å². The number of ether oxygens (including phenoxy) is 1. The zero-order valence-electron chi connectivity index (χ0n) is 12.2. The van der Waals surface area contributed by atoms with Crippen LogP contribution in [-0.2, 0) is 4.74 Å². The van der Waals surface area contributed by atoms with Gasteiger partial charge in [-0.15, -0.1) is 0 Å². The molecule has 1 amide bonds. The van der Waals surface area contributed by atoms with E-state index < -0.39 is 11.7 Å². The second-order valence-electron chi connectivity index (χ2n) is 5.49. The topological polar surface area (TPSA) is 56.1 Å². The maximum Gasteiger partial charge on any atom is 0.413 e. The molecule has 0 atom stereocenters. The second kappa shape index (κ2) is 5.36. The molecule has 2 aromatic rings. The van der Waals surface area contributed by atoms with Crippen molar-refractivity contribution in [2.45, 2.75) is 33.3 Å². The minimum atomic E-state index is -0.531. The summed E-state index contributed by atoms with van der Waals surface area (Å²) in [6, 6.07) is 9.72. The maximum atomic E-state index is 11.8. The quantitative estimate of drug-likeness (QED) is 0.910. The average molecular weight is 273 g/mol. The van der Waals surface area contributed by atoms with E-state index in [-0.39, 0.29) is 0 Å². The molecule has 1 aromatic heterocycles. The molecular weight excluding hydrogens is 254 g/mol. The number of nitrogens with zero attached hydrogens (tertiary/aromatic N) is 2. The Morgan fingerprint density at radius 1 is 1.25 bits per heavy atom. The third-order valence-corrected chi connectivity index (χ3v) is 2.58. The summed E-state index contributed by atoms with van der Waals surface area (Å²) in [6.45, 7) is 7.36. The van der Waals surface area contributed by atoms with Gasteiger partial charge in [0.05, 0.1) is 6.20 Å². The molecule has 1 heterocycles. The molecule has 0 unspecified atom stereocenters. The highest BCUT2D eigenvalue weighted by Crippen LogP contribution is 2.19. The molecule has 0 aliphatic rings. The molecule has 0 fully saturated rings. The molecule has 0 saturated carbocycles. The van der Waals surface area contributed by atoms with E-state index in [4.69, 9.17) is 4.74 Å². The molecule has 0 bridgehead atoms. The number of carbonyl (C=O) groups is 1. The highest BCUT2D eigenvalue weighted by molar-refractivity contribution is 5.84. The Hall–Kier alpha value is -2.30. The highest BCUT2D eigenvalue weighted by Gasteiger charge is 2.18. The van der Waals surface area contributed by atoms with Crippen molar-refractivity contribution in [1.29, 1.82) is 0 Å².